The molecule has 1 aromatic heterocycles. The van der Waals surface area contributed by atoms with Crippen LogP contribution in [0.25, 0.3) is 0 Å². The van der Waals surface area contributed by atoms with E-state index in [0.29, 0.717) is 11.7 Å². The van der Waals surface area contributed by atoms with E-state index in [1.165, 1.54) is 11.8 Å². The fourth-order valence-corrected chi connectivity index (χ4v) is 6.32. The Kier molecular flexibility index (Phi) is 5.69. The van der Waals surface area contributed by atoms with Crippen LogP contribution < -0.4 is 0 Å². The number of thioether (sulfide) groups is 1. The van der Waals surface area contributed by atoms with Crippen LogP contribution in [0.1, 0.15) is 26.1 Å². The molecule has 8 nitrogen and oxygen atoms in total. The maximum Gasteiger partial charge on any atom is 0.233 e. The number of aromatic amines is 1. The quantitative estimate of drug-likeness (QED) is 0.695. The lowest BCUT2D eigenvalue weighted by Gasteiger charge is -2.43. The predicted molar refractivity (Wildman–Crippen MR) is 96.3 cm³/mol. The highest BCUT2D eigenvalue weighted by molar-refractivity contribution is 7.99. The number of sulfone groups is 1. The smallest absolute Gasteiger partial charge is 0.233 e. The van der Waals surface area contributed by atoms with Crippen LogP contribution in [0.4, 0.5) is 0 Å². The number of rotatable bonds is 6. The number of amides is 1. The van der Waals surface area contributed by atoms with Crippen LogP contribution in [0.2, 0.25) is 0 Å². The highest BCUT2D eigenvalue weighted by atomic mass is 32.2. The molecule has 2 fully saturated rings. The van der Waals surface area contributed by atoms with Crippen molar-refractivity contribution in [1.82, 2.24) is 25.0 Å². The van der Waals surface area contributed by atoms with Crippen molar-refractivity contribution in [3.05, 3.63) is 5.82 Å². The first-order valence-electron chi connectivity index (χ1n) is 8.71. The Balaban J connectivity index is 1.65. The molecular formula is C15H25N5O3S2. The van der Waals surface area contributed by atoms with Crippen molar-refractivity contribution in [2.75, 3.05) is 36.9 Å². The summed E-state index contributed by atoms with van der Waals surface area (Å²) in [6.07, 6.45) is 1.75. The van der Waals surface area contributed by atoms with Crippen LogP contribution in [-0.4, -0.2) is 88.3 Å². The van der Waals surface area contributed by atoms with E-state index in [-0.39, 0.29) is 35.2 Å². The maximum absolute atomic E-state index is 12.7. The van der Waals surface area contributed by atoms with Crippen molar-refractivity contribution < 1.29 is 13.2 Å². The average molecular weight is 388 g/mol. The molecule has 10 heteroatoms. The van der Waals surface area contributed by atoms with E-state index >= 15 is 0 Å². The minimum atomic E-state index is -3.09. The third-order valence-corrected chi connectivity index (χ3v) is 7.32. The number of H-pyrrole nitrogens is 1. The lowest BCUT2D eigenvalue weighted by Crippen LogP contribution is -2.61. The van der Waals surface area contributed by atoms with Gasteiger partial charge < -0.3 is 4.90 Å². The Bertz CT molecular complexity index is 721. The lowest BCUT2D eigenvalue weighted by molar-refractivity contribution is -0.134. The standard InChI is InChI=1S/C15H25N5O3S2/c1-3-5-19-6-7-20(12-10-25(22,23)9-11(12)19)14(21)8-24-15-16-13(4-2)17-18-15/h11-12H,3-10H2,1-2H3,(H,16,17,18)/t11-,12+/m0/s1. The second-order valence-electron chi connectivity index (χ2n) is 6.54. The van der Waals surface area contributed by atoms with E-state index in [0.717, 1.165) is 31.8 Å². The van der Waals surface area contributed by atoms with E-state index in [4.69, 9.17) is 0 Å². The Morgan fingerprint density at radius 1 is 1.28 bits per heavy atom. The first-order valence-corrected chi connectivity index (χ1v) is 11.5. The molecule has 2 atom stereocenters. The summed E-state index contributed by atoms with van der Waals surface area (Å²) in [6.45, 7) is 6.28. The molecular weight excluding hydrogens is 362 g/mol. The van der Waals surface area contributed by atoms with Gasteiger partial charge in [0.1, 0.15) is 5.82 Å². The van der Waals surface area contributed by atoms with Crippen molar-refractivity contribution >= 4 is 27.5 Å². The molecule has 1 amide bonds. The first kappa shape index (κ1) is 18.7. The number of aromatic nitrogens is 3. The summed E-state index contributed by atoms with van der Waals surface area (Å²) in [6, 6.07) is -0.292. The van der Waals surface area contributed by atoms with Gasteiger partial charge in [0.2, 0.25) is 11.1 Å². The van der Waals surface area contributed by atoms with Crippen molar-refractivity contribution in [3.8, 4) is 0 Å². The third kappa shape index (κ3) is 4.17. The molecule has 3 rings (SSSR count). The number of nitrogens with zero attached hydrogens (tertiary/aromatic N) is 4. The number of nitrogens with one attached hydrogen (secondary N) is 1. The van der Waals surface area contributed by atoms with Gasteiger partial charge in [-0.25, -0.2) is 13.4 Å². The van der Waals surface area contributed by atoms with Crippen LogP contribution in [0.15, 0.2) is 5.16 Å². The maximum atomic E-state index is 12.7. The third-order valence-electron chi connectivity index (χ3n) is 4.79. The van der Waals surface area contributed by atoms with Gasteiger partial charge in [0.15, 0.2) is 9.84 Å². The van der Waals surface area contributed by atoms with Gasteiger partial charge in [0, 0.05) is 25.6 Å². The number of aryl methyl sites for hydroxylation is 1. The highest BCUT2D eigenvalue weighted by Crippen LogP contribution is 2.28. The zero-order chi connectivity index (χ0) is 18.0. The van der Waals surface area contributed by atoms with Crippen LogP contribution in [-0.2, 0) is 21.1 Å². The van der Waals surface area contributed by atoms with E-state index < -0.39 is 9.84 Å². The normalized spacial score (nSPS) is 25.9. The summed E-state index contributed by atoms with van der Waals surface area (Å²) in [5.74, 6) is 1.24. The molecule has 0 spiro atoms. The van der Waals surface area contributed by atoms with Crippen molar-refractivity contribution in [2.24, 2.45) is 0 Å². The number of hydrogen-bond donors (Lipinski definition) is 1. The summed E-state index contributed by atoms with van der Waals surface area (Å²) in [5.41, 5.74) is 0. The summed E-state index contributed by atoms with van der Waals surface area (Å²) >= 11 is 1.30. The Labute approximate surface area is 152 Å². The second-order valence-corrected chi connectivity index (χ2v) is 9.64. The monoisotopic (exact) mass is 387 g/mol. The molecule has 0 saturated carbocycles. The molecule has 0 bridgehead atoms. The Morgan fingerprint density at radius 2 is 2.04 bits per heavy atom. The highest BCUT2D eigenvalue weighted by Gasteiger charge is 2.47. The molecule has 0 unspecified atom stereocenters. The number of carbonyl (C=O) groups is 1. The fraction of sp³-hybridized carbons (Fsp3) is 0.800. The molecule has 25 heavy (non-hydrogen) atoms. The van der Waals surface area contributed by atoms with Crippen LogP contribution >= 0.6 is 11.8 Å². The van der Waals surface area contributed by atoms with Gasteiger partial charge in [-0.2, -0.15) is 0 Å². The molecule has 2 aliphatic rings. The van der Waals surface area contributed by atoms with Crippen molar-refractivity contribution in [2.45, 2.75) is 43.9 Å². The van der Waals surface area contributed by atoms with E-state index in [1.807, 2.05) is 6.92 Å². The largest absolute Gasteiger partial charge is 0.335 e. The minimum Gasteiger partial charge on any atom is -0.335 e. The molecule has 1 aromatic rings. The van der Waals surface area contributed by atoms with Crippen LogP contribution in [0, 0.1) is 0 Å². The lowest BCUT2D eigenvalue weighted by atomic mass is 10.0. The zero-order valence-corrected chi connectivity index (χ0v) is 16.3. The molecule has 0 aliphatic carbocycles. The average Bonchev–Trinajstić information content (AvgIpc) is 3.16. The SMILES string of the molecule is CCCN1CCN(C(=O)CSc2n[nH]c(CC)n2)[C@@H]2CS(=O)(=O)C[C@@H]21. The van der Waals surface area contributed by atoms with Gasteiger partial charge in [-0.1, -0.05) is 25.6 Å². The zero-order valence-electron chi connectivity index (χ0n) is 14.6. The fourth-order valence-electron chi connectivity index (χ4n) is 3.61. The van der Waals surface area contributed by atoms with Gasteiger partial charge in [-0.15, -0.1) is 5.10 Å². The summed E-state index contributed by atoms with van der Waals surface area (Å²) < 4.78 is 24.3. The Morgan fingerprint density at radius 3 is 2.72 bits per heavy atom. The van der Waals surface area contributed by atoms with E-state index in [9.17, 15) is 13.2 Å². The number of hydrogen-bond acceptors (Lipinski definition) is 7. The number of fused-ring (bicyclic) bond motifs is 1. The second kappa shape index (κ2) is 7.63. The molecule has 140 valence electrons. The first-order chi connectivity index (χ1) is 11.9. The van der Waals surface area contributed by atoms with E-state index in [2.05, 4.69) is 27.0 Å². The minimum absolute atomic E-state index is 0.0314. The molecule has 0 aromatic carbocycles. The van der Waals surface area contributed by atoms with Gasteiger partial charge in [-0.05, 0) is 13.0 Å². The summed E-state index contributed by atoms with van der Waals surface area (Å²) in [5, 5.41) is 7.48. The topological polar surface area (TPSA) is 99.3 Å². The van der Waals surface area contributed by atoms with Gasteiger partial charge in [0.05, 0.1) is 23.3 Å². The Hall–Kier alpha value is -1.13. The van der Waals surface area contributed by atoms with Gasteiger partial charge in [-0.3, -0.25) is 14.8 Å². The van der Waals surface area contributed by atoms with Crippen molar-refractivity contribution in [1.29, 1.82) is 0 Å². The molecule has 2 aliphatic heterocycles. The number of piperazine rings is 1. The van der Waals surface area contributed by atoms with Crippen molar-refractivity contribution in [3.63, 3.8) is 0 Å². The van der Waals surface area contributed by atoms with Gasteiger partial charge in [0.25, 0.3) is 0 Å². The van der Waals surface area contributed by atoms with Gasteiger partial charge >= 0.3 is 0 Å². The van der Waals surface area contributed by atoms with Crippen LogP contribution in [0.3, 0.4) is 0 Å². The van der Waals surface area contributed by atoms with E-state index in [1.54, 1.807) is 4.90 Å². The molecule has 3 heterocycles. The number of carbonyl (C=O) groups excluding carboxylic acids is 1. The predicted octanol–water partition coefficient (Wildman–Crippen LogP) is 0.179. The molecule has 2 saturated heterocycles. The molecule has 1 N–H and O–H groups in total. The summed E-state index contributed by atoms with van der Waals surface area (Å²) in [4.78, 5) is 21.0. The summed E-state index contributed by atoms with van der Waals surface area (Å²) in [7, 11) is -3.09. The van der Waals surface area contributed by atoms with Crippen LogP contribution in [0.5, 0.6) is 0 Å². The molecule has 0 radical (unpaired) electrons.